The van der Waals surface area contributed by atoms with Gasteiger partial charge in [0, 0.05) is 11.4 Å². The molecular weight excluding hydrogens is 228 g/mol. The third-order valence-corrected chi connectivity index (χ3v) is 2.26. The first-order valence-corrected chi connectivity index (χ1v) is 5.65. The van der Waals surface area contributed by atoms with E-state index in [1.54, 1.807) is 24.3 Å². The van der Waals surface area contributed by atoms with E-state index in [2.05, 4.69) is 0 Å². The second-order valence-electron chi connectivity index (χ2n) is 3.29. The number of hydrogen-bond acceptors (Lipinski definition) is 3. The number of hydrogen-bond donors (Lipinski definition) is 0. The van der Waals surface area contributed by atoms with Crippen molar-refractivity contribution in [1.82, 2.24) is 0 Å². The number of carbonyl (C=O) groups is 1. The van der Waals surface area contributed by atoms with Crippen LogP contribution in [0.1, 0.15) is 23.7 Å². The van der Waals surface area contributed by atoms with Gasteiger partial charge in [-0.3, -0.25) is 4.79 Å². The van der Waals surface area contributed by atoms with Crippen LogP contribution in [-0.2, 0) is 4.74 Å². The van der Waals surface area contributed by atoms with Crippen molar-refractivity contribution < 1.29 is 14.3 Å². The van der Waals surface area contributed by atoms with Gasteiger partial charge in [-0.25, -0.2) is 0 Å². The van der Waals surface area contributed by atoms with Gasteiger partial charge >= 0.3 is 0 Å². The van der Waals surface area contributed by atoms with Crippen LogP contribution in [0.4, 0.5) is 0 Å². The first kappa shape index (κ1) is 13.0. The van der Waals surface area contributed by atoms with Crippen molar-refractivity contribution >= 4 is 17.4 Å². The number of carbonyl (C=O) groups excluding carboxylic acids is 1. The maximum Gasteiger partial charge on any atom is 0.189 e. The molecule has 0 unspecified atom stereocenters. The number of ketones is 1. The third kappa shape index (κ3) is 4.64. The molecule has 16 heavy (non-hydrogen) atoms. The van der Waals surface area contributed by atoms with E-state index in [9.17, 15) is 4.79 Å². The molecule has 4 heteroatoms. The molecule has 0 bridgehead atoms. The van der Waals surface area contributed by atoms with Crippen LogP contribution in [0, 0.1) is 0 Å². The lowest BCUT2D eigenvalue weighted by Gasteiger charge is -2.06. The first-order chi connectivity index (χ1) is 7.74. The smallest absolute Gasteiger partial charge is 0.189 e. The normalized spacial score (nSPS) is 10.1. The van der Waals surface area contributed by atoms with E-state index in [-0.39, 0.29) is 12.6 Å². The van der Waals surface area contributed by atoms with Crippen molar-refractivity contribution in [3.05, 3.63) is 29.8 Å². The molecule has 0 heterocycles. The Bertz CT molecular complexity index is 322. The number of rotatable bonds is 7. The van der Waals surface area contributed by atoms with Gasteiger partial charge in [-0.15, -0.1) is 11.6 Å². The Labute approximate surface area is 100 Å². The van der Waals surface area contributed by atoms with Gasteiger partial charge in [-0.05, 0) is 37.6 Å². The highest BCUT2D eigenvalue weighted by Gasteiger charge is 1.99. The average molecular weight is 243 g/mol. The lowest BCUT2D eigenvalue weighted by atomic mass is 10.1. The highest BCUT2D eigenvalue weighted by molar-refractivity contribution is 6.17. The van der Waals surface area contributed by atoms with Crippen molar-refractivity contribution in [2.45, 2.75) is 13.3 Å². The lowest BCUT2D eigenvalue weighted by Crippen LogP contribution is -2.04. The number of Topliss-reactive ketones (excluding diaryl/α,β-unsaturated/α-hetero) is 1. The maximum atomic E-state index is 11.0. The molecule has 88 valence electrons. The summed E-state index contributed by atoms with van der Waals surface area (Å²) >= 11 is 5.49. The lowest BCUT2D eigenvalue weighted by molar-refractivity contribution is 0.0159. The van der Waals surface area contributed by atoms with Gasteiger partial charge in [0.25, 0.3) is 0 Å². The van der Waals surface area contributed by atoms with Gasteiger partial charge in [0.15, 0.2) is 12.6 Å². The molecule has 0 fully saturated rings. The Kier molecular flexibility index (Phi) is 5.90. The van der Waals surface area contributed by atoms with Crippen molar-refractivity contribution in [3.63, 3.8) is 0 Å². The summed E-state index contributed by atoms with van der Waals surface area (Å²) < 4.78 is 10.5. The Morgan fingerprint density at radius 2 is 2.00 bits per heavy atom. The Morgan fingerprint density at radius 1 is 1.31 bits per heavy atom. The molecule has 0 aliphatic rings. The number of ether oxygens (including phenoxy) is 2. The predicted molar refractivity (Wildman–Crippen MR) is 63.2 cm³/mol. The molecule has 0 radical (unpaired) electrons. The van der Waals surface area contributed by atoms with Crippen LogP contribution in [0.5, 0.6) is 5.75 Å². The van der Waals surface area contributed by atoms with E-state index >= 15 is 0 Å². The largest absolute Gasteiger partial charge is 0.468 e. The fourth-order valence-corrected chi connectivity index (χ4v) is 1.22. The van der Waals surface area contributed by atoms with E-state index < -0.39 is 0 Å². The van der Waals surface area contributed by atoms with Gasteiger partial charge < -0.3 is 9.47 Å². The Morgan fingerprint density at radius 3 is 2.56 bits per heavy atom. The molecular formula is C12H15ClO3. The summed E-state index contributed by atoms with van der Waals surface area (Å²) in [5.41, 5.74) is 0.676. The van der Waals surface area contributed by atoms with E-state index in [0.717, 1.165) is 6.42 Å². The molecule has 0 aromatic heterocycles. The summed E-state index contributed by atoms with van der Waals surface area (Å²) in [7, 11) is 0. The molecule has 0 aliphatic heterocycles. The fraction of sp³-hybridized carbons (Fsp3) is 0.417. The van der Waals surface area contributed by atoms with Gasteiger partial charge in [0.05, 0.1) is 6.61 Å². The standard InChI is InChI=1S/C12H15ClO3/c1-10(14)11-3-5-12(6-4-11)16-9-15-8-2-7-13/h3-6H,2,7-9H2,1H3. The van der Waals surface area contributed by atoms with Crippen LogP contribution in [-0.4, -0.2) is 25.1 Å². The van der Waals surface area contributed by atoms with Crippen LogP contribution in [0.2, 0.25) is 0 Å². The molecule has 0 aliphatic carbocycles. The first-order valence-electron chi connectivity index (χ1n) is 5.11. The molecule has 0 saturated carbocycles. The van der Waals surface area contributed by atoms with Crippen LogP contribution >= 0.6 is 11.6 Å². The summed E-state index contributed by atoms with van der Waals surface area (Å²) in [4.78, 5) is 11.0. The molecule has 0 atom stereocenters. The molecule has 0 N–H and O–H groups in total. The number of benzene rings is 1. The molecule has 1 aromatic carbocycles. The summed E-state index contributed by atoms with van der Waals surface area (Å²) in [6.07, 6.45) is 0.814. The molecule has 1 rings (SSSR count). The second kappa shape index (κ2) is 7.25. The van der Waals surface area contributed by atoms with Crippen LogP contribution in [0.25, 0.3) is 0 Å². The van der Waals surface area contributed by atoms with Crippen LogP contribution < -0.4 is 4.74 Å². The summed E-state index contributed by atoms with van der Waals surface area (Å²) in [5, 5.41) is 0. The van der Waals surface area contributed by atoms with E-state index in [1.165, 1.54) is 6.92 Å². The summed E-state index contributed by atoms with van der Waals surface area (Å²) in [5.74, 6) is 1.33. The SMILES string of the molecule is CC(=O)c1ccc(OCOCCCCl)cc1. The minimum absolute atomic E-state index is 0.0462. The summed E-state index contributed by atoms with van der Waals surface area (Å²) in [6, 6.07) is 6.97. The Hall–Kier alpha value is -1.06. The minimum atomic E-state index is 0.0462. The van der Waals surface area contributed by atoms with Gasteiger partial charge in [0.2, 0.25) is 0 Å². The highest BCUT2D eigenvalue weighted by atomic mass is 35.5. The molecule has 0 amide bonds. The second-order valence-corrected chi connectivity index (χ2v) is 3.67. The third-order valence-electron chi connectivity index (χ3n) is 1.99. The van der Waals surface area contributed by atoms with Crippen molar-refractivity contribution in [2.24, 2.45) is 0 Å². The predicted octanol–water partition coefficient (Wildman–Crippen LogP) is 2.87. The molecule has 3 nitrogen and oxygen atoms in total. The van der Waals surface area contributed by atoms with Gasteiger partial charge in [-0.2, -0.15) is 0 Å². The van der Waals surface area contributed by atoms with E-state index in [0.29, 0.717) is 23.8 Å². The van der Waals surface area contributed by atoms with Crippen LogP contribution in [0.15, 0.2) is 24.3 Å². The molecule has 0 spiro atoms. The summed E-state index contributed by atoms with van der Waals surface area (Å²) in [6.45, 7) is 2.33. The topological polar surface area (TPSA) is 35.5 Å². The average Bonchev–Trinajstić information content (AvgIpc) is 2.29. The van der Waals surface area contributed by atoms with Crippen molar-refractivity contribution in [2.75, 3.05) is 19.3 Å². The highest BCUT2D eigenvalue weighted by Crippen LogP contribution is 2.12. The van der Waals surface area contributed by atoms with Gasteiger partial charge in [-0.1, -0.05) is 0 Å². The Balaban J connectivity index is 2.29. The number of halogens is 1. The van der Waals surface area contributed by atoms with Crippen LogP contribution in [0.3, 0.4) is 0 Å². The quantitative estimate of drug-likeness (QED) is 0.319. The van der Waals surface area contributed by atoms with E-state index in [4.69, 9.17) is 21.1 Å². The number of alkyl halides is 1. The molecule has 0 saturated heterocycles. The van der Waals surface area contributed by atoms with E-state index in [1.807, 2.05) is 0 Å². The van der Waals surface area contributed by atoms with Gasteiger partial charge in [0.1, 0.15) is 5.75 Å². The monoisotopic (exact) mass is 242 g/mol. The fourth-order valence-electron chi connectivity index (χ4n) is 1.11. The van der Waals surface area contributed by atoms with Crippen molar-refractivity contribution in [3.8, 4) is 5.75 Å². The van der Waals surface area contributed by atoms with Crippen molar-refractivity contribution in [1.29, 1.82) is 0 Å². The maximum absolute atomic E-state index is 11.0. The zero-order chi connectivity index (χ0) is 11.8. The zero-order valence-electron chi connectivity index (χ0n) is 9.24. The minimum Gasteiger partial charge on any atom is -0.468 e. The molecule has 1 aromatic rings. The zero-order valence-corrected chi connectivity index (χ0v) is 10.00.